The van der Waals surface area contributed by atoms with Gasteiger partial charge in [-0.1, -0.05) is 35.9 Å². The lowest BCUT2D eigenvalue weighted by atomic mass is 10.1. The zero-order valence-electron chi connectivity index (χ0n) is 7.74. The van der Waals surface area contributed by atoms with Crippen molar-refractivity contribution in [2.24, 2.45) is 0 Å². The Morgan fingerprint density at radius 2 is 2.36 bits per heavy atom. The fourth-order valence-corrected chi connectivity index (χ4v) is 1.70. The summed E-state index contributed by atoms with van der Waals surface area (Å²) in [4.78, 5) is 0. The molecule has 0 saturated heterocycles. The largest absolute Gasteiger partial charge is 0.484 e. The first-order chi connectivity index (χ1) is 6.81. The Morgan fingerprint density at radius 1 is 1.50 bits per heavy atom. The van der Waals surface area contributed by atoms with Crippen LogP contribution < -0.4 is 4.74 Å². The van der Waals surface area contributed by atoms with Crippen molar-refractivity contribution in [1.82, 2.24) is 0 Å². The minimum Gasteiger partial charge on any atom is -0.484 e. The normalized spacial score (nSPS) is 18.5. The highest BCUT2D eigenvalue weighted by molar-refractivity contribution is 6.32. The van der Waals surface area contributed by atoms with E-state index in [2.05, 4.69) is 6.58 Å². The van der Waals surface area contributed by atoms with Gasteiger partial charge in [0.25, 0.3) is 0 Å². The lowest BCUT2D eigenvalue weighted by Crippen LogP contribution is -2.15. The summed E-state index contributed by atoms with van der Waals surface area (Å²) >= 11 is 6.02. The zero-order valence-corrected chi connectivity index (χ0v) is 8.50. The molecular weight excluding hydrogens is 196 g/mol. The van der Waals surface area contributed by atoms with E-state index >= 15 is 0 Å². The van der Waals surface area contributed by atoms with Crippen LogP contribution in [0.15, 0.2) is 36.9 Å². The number of halogens is 1. The molecule has 0 radical (unpaired) electrons. The smallest absolute Gasteiger partial charge is 0.146 e. The van der Waals surface area contributed by atoms with Gasteiger partial charge in [-0.2, -0.15) is 0 Å². The average Bonchev–Trinajstić information content (AvgIpc) is 2.20. The second-order valence-corrected chi connectivity index (χ2v) is 3.61. The Hall–Kier alpha value is -1.21. The third kappa shape index (κ3) is 1.68. The average molecular weight is 207 g/mol. The van der Waals surface area contributed by atoms with Gasteiger partial charge in [-0.3, -0.25) is 0 Å². The molecule has 0 aliphatic carbocycles. The number of rotatable bonds is 2. The van der Waals surface area contributed by atoms with Crippen LogP contribution in [0.25, 0.3) is 6.08 Å². The van der Waals surface area contributed by atoms with Crippen molar-refractivity contribution >= 4 is 17.7 Å². The fraction of sp³-hybridized carbons (Fsp3) is 0.167. The highest BCUT2D eigenvalue weighted by Gasteiger charge is 2.15. The summed E-state index contributed by atoms with van der Waals surface area (Å²) in [5.41, 5.74) is 1.04. The summed E-state index contributed by atoms with van der Waals surface area (Å²) < 4.78 is 5.71. The Bertz CT molecular complexity index is 382. The molecule has 0 aromatic heterocycles. The van der Waals surface area contributed by atoms with Crippen LogP contribution in [0.4, 0.5) is 0 Å². The Balaban J connectivity index is 2.32. The zero-order chi connectivity index (χ0) is 9.97. The van der Waals surface area contributed by atoms with Gasteiger partial charge in [-0.15, -0.1) is 6.58 Å². The molecule has 0 fully saturated rings. The van der Waals surface area contributed by atoms with Crippen molar-refractivity contribution in [3.63, 3.8) is 0 Å². The quantitative estimate of drug-likeness (QED) is 0.671. The molecule has 2 rings (SSSR count). The number of ether oxygens (including phenoxy) is 1. The molecule has 1 aromatic carbocycles. The molecule has 1 heterocycles. The molecular formula is C12H11ClO. The van der Waals surface area contributed by atoms with E-state index in [1.165, 1.54) is 0 Å². The van der Waals surface area contributed by atoms with Crippen LogP contribution >= 0.6 is 11.6 Å². The summed E-state index contributed by atoms with van der Waals surface area (Å²) in [7, 11) is 0. The number of hydrogen-bond donors (Lipinski definition) is 0. The van der Waals surface area contributed by atoms with Gasteiger partial charge in [-0.05, 0) is 12.1 Å². The first kappa shape index (κ1) is 9.35. The highest BCUT2D eigenvalue weighted by atomic mass is 35.5. The summed E-state index contributed by atoms with van der Waals surface area (Å²) in [6.45, 7) is 3.69. The van der Waals surface area contributed by atoms with Gasteiger partial charge < -0.3 is 4.74 Å². The van der Waals surface area contributed by atoms with E-state index in [1.54, 1.807) is 0 Å². The summed E-state index contributed by atoms with van der Waals surface area (Å²) in [6.07, 6.45) is 6.79. The molecule has 2 heteroatoms. The predicted molar refractivity (Wildman–Crippen MR) is 59.7 cm³/mol. The monoisotopic (exact) mass is 206 g/mol. The van der Waals surface area contributed by atoms with Gasteiger partial charge in [0.2, 0.25) is 0 Å². The first-order valence-electron chi connectivity index (χ1n) is 4.55. The second kappa shape index (κ2) is 3.89. The molecule has 1 unspecified atom stereocenters. The van der Waals surface area contributed by atoms with E-state index in [-0.39, 0.29) is 6.10 Å². The SMILES string of the molecule is C=CCC1C=Cc2cccc(Cl)c2O1. The van der Waals surface area contributed by atoms with Gasteiger partial charge in [0.05, 0.1) is 5.02 Å². The lowest BCUT2D eigenvalue weighted by Gasteiger charge is -2.21. The van der Waals surface area contributed by atoms with E-state index in [4.69, 9.17) is 16.3 Å². The maximum atomic E-state index is 6.02. The van der Waals surface area contributed by atoms with Gasteiger partial charge in [0, 0.05) is 12.0 Å². The van der Waals surface area contributed by atoms with Crippen LogP contribution in [0.3, 0.4) is 0 Å². The Morgan fingerprint density at radius 3 is 3.14 bits per heavy atom. The van der Waals surface area contributed by atoms with E-state index in [0.29, 0.717) is 5.02 Å². The van der Waals surface area contributed by atoms with E-state index in [1.807, 2.05) is 36.4 Å². The van der Waals surface area contributed by atoms with Crippen LogP contribution in [0, 0.1) is 0 Å². The van der Waals surface area contributed by atoms with Gasteiger partial charge in [-0.25, -0.2) is 0 Å². The number of fused-ring (bicyclic) bond motifs is 1. The summed E-state index contributed by atoms with van der Waals surface area (Å²) in [6, 6.07) is 5.75. The molecule has 0 N–H and O–H groups in total. The van der Waals surface area contributed by atoms with Crippen molar-refractivity contribution in [3.05, 3.63) is 47.5 Å². The van der Waals surface area contributed by atoms with Gasteiger partial charge in [0.1, 0.15) is 11.9 Å². The predicted octanol–water partition coefficient (Wildman–Crippen LogP) is 3.69. The first-order valence-corrected chi connectivity index (χ1v) is 4.93. The van der Waals surface area contributed by atoms with Crippen LogP contribution in [0.5, 0.6) is 5.75 Å². The van der Waals surface area contributed by atoms with Crippen LogP contribution in [0.1, 0.15) is 12.0 Å². The maximum absolute atomic E-state index is 6.02. The van der Waals surface area contributed by atoms with Crippen LogP contribution in [-0.4, -0.2) is 6.10 Å². The number of para-hydroxylation sites is 1. The maximum Gasteiger partial charge on any atom is 0.146 e. The standard InChI is InChI=1S/C12H11ClO/c1-2-4-10-8-7-9-5-3-6-11(13)12(9)14-10/h2-3,5-8,10H,1,4H2. The van der Waals surface area contributed by atoms with Crippen LogP contribution in [0.2, 0.25) is 5.02 Å². The van der Waals surface area contributed by atoms with Crippen LogP contribution in [-0.2, 0) is 0 Å². The van der Waals surface area contributed by atoms with Crippen molar-refractivity contribution in [2.45, 2.75) is 12.5 Å². The molecule has 1 aliphatic heterocycles. The third-order valence-corrected chi connectivity index (χ3v) is 2.45. The van der Waals surface area contributed by atoms with Crippen molar-refractivity contribution in [2.75, 3.05) is 0 Å². The highest BCUT2D eigenvalue weighted by Crippen LogP contribution is 2.33. The summed E-state index contributed by atoms with van der Waals surface area (Å²) in [5, 5.41) is 0.668. The van der Waals surface area contributed by atoms with E-state index in [0.717, 1.165) is 17.7 Å². The lowest BCUT2D eigenvalue weighted by molar-refractivity contribution is 0.249. The third-order valence-electron chi connectivity index (χ3n) is 2.16. The second-order valence-electron chi connectivity index (χ2n) is 3.20. The van der Waals surface area contributed by atoms with E-state index in [9.17, 15) is 0 Å². The molecule has 1 aromatic rings. The molecule has 0 amide bonds. The molecule has 72 valence electrons. The minimum atomic E-state index is 0.0694. The van der Waals surface area contributed by atoms with Crippen molar-refractivity contribution in [1.29, 1.82) is 0 Å². The van der Waals surface area contributed by atoms with Crippen molar-refractivity contribution < 1.29 is 4.74 Å². The fourth-order valence-electron chi connectivity index (χ4n) is 1.47. The molecule has 0 bridgehead atoms. The summed E-state index contributed by atoms with van der Waals surface area (Å²) in [5.74, 6) is 0.781. The topological polar surface area (TPSA) is 9.23 Å². The van der Waals surface area contributed by atoms with Gasteiger partial charge >= 0.3 is 0 Å². The Kier molecular flexibility index (Phi) is 2.60. The molecule has 1 aliphatic rings. The number of hydrogen-bond acceptors (Lipinski definition) is 1. The molecule has 0 spiro atoms. The Labute approximate surface area is 88.7 Å². The molecule has 1 nitrogen and oxygen atoms in total. The molecule has 0 saturated carbocycles. The van der Waals surface area contributed by atoms with Gasteiger partial charge in [0.15, 0.2) is 0 Å². The molecule has 14 heavy (non-hydrogen) atoms. The van der Waals surface area contributed by atoms with E-state index < -0.39 is 0 Å². The van der Waals surface area contributed by atoms with Crippen molar-refractivity contribution in [3.8, 4) is 5.75 Å². The molecule has 1 atom stereocenters. The number of benzene rings is 1. The minimum absolute atomic E-state index is 0.0694.